The van der Waals surface area contributed by atoms with E-state index in [1.54, 1.807) is 6.92 Å². The molecule has 98 valence electrons. The Labute approximate surface area is 112 Å². The van der Waals surface area contributed by atoms with Crippen LogP contribution in [0, 0.1) is 11.6 Å². The molecule has 3 nitrogen and oxygen atoms in total. The predicted molar refractivity (Wildman–Crippen MR) is 68.3 cm³/mol. The van der Waals surface area contributed by atoms with Gasteiger partial charge in [0.1, 0.15) is 11.6 Å². The Morgan fingerprint density at radius 1 is 1.44 bits per heavy atom. The second kappa shape index (κ2) is 6.49. The fourth-order valence-electron chi connectivity index (χ4n) is 1.17. The quantitative estimate of drug-likeness (QED) is 0.514. The van der Waals surface area contributed by atoms with Crippen LogP contribution in [0.2, 0.25) is 0 Å². The number of hydrogen-bond donors (Lipinski definition) is 1. The second-order valence-corrected chi connectivity index (χ2v) is 4.28. The number of esters is 1. The summed E-state index contributed by atoms with van der Waals surface area (Å²) in [6, 6.07) is 2.00. The molecule has 0 bridgehead atoms. The average Bonchev–Trinajstić information content (AvgIpc) is 2.32. The Hall–Kier alpha value is -1.43. The van der Waals surface area contributed by atoms with Crippen molar-refractivity contribution in [3.8, 4) is 0 Å². The molecule has 0 aromatic heterocycles. The highest BCUT2D eigenvalue weighted by Crippen LogP contribution is 2.23. The zero-order valence-electron chi connectivity index (χ0n) is 9.73. The number of anilines is 1. The van der Waals surface area contributed by atoms with Crippen LogP contribution >= 0.6 is 15.9 Å². The SMILES string of the molecule is C=C(CNc1cc(Br)c(F)cc1F)C(=O)OCC. The van der Waals surface area contributed by atoms with Crippen LogP contribution in [0.15, 0.2) is 28.8 Å². The highest BCUT2D eigenvalue weighted by molar-refractivity contribution is 9.10. The predicted octanol–water partition coefficient (Wildman–Crippen LogP) is 3.26. The molecule has 1 aromatic carbocycles. The third-order valence-corrected chi connectivity index (χ3v) is 2.67. The number of halogens is 3. The van der Waals surface area contributed by atoms with Crippen LogP contribution in [0.3, 0.4) is 0 Å². The zero-order valence-corrected chi connectivity index (χ0v) is 11.3. The van der Waals surface area contributed by atoms with E-state index in [-0.39, 0.29) is 28.9 Å². The van der Waals surface area contributed by atoms with E-state index in [0.717, 1.165) is 6.07 Å². The van der Waals surface area contributed by atoms with Crippen molar-refractivity contribution < 1.29 is 18.3 Å². The topological polar surface area (TPSA) is 38.3 Å². The van der Waals surface area contributed by atoms with Gasteiger partial charge in [0.25, 0.3) is 0 Å². The molecular formula is C12H12BrF2NO2. The zero-order chi connectivity index (χ0) is 13.7. The second-order valence-electron chi connectivity index (χ2n) is 3.42. The van der Waals surface area contributed by atoms with Crippen molar-refractivity contribution in [3.05, 3.63) is 40.4 Å². The number of rotatable bonds is 5. The number of ether oxygens (including phenoxy) is 1. The molecule has 0 aliphatic heterocycles. The third-order valence-electron chi connectivity index (χ3n) is 2.07. The average molecular weight is 320 g/mol. The van der Waals surface area contributed by atoms with Crippen molar-refractivity contribution in [2.75, 3.05) is 18.5 Å². The minimum Gasteiger partial charge on any atom is -0.463 e. The molecule has 0 spiro atoms. The summed E-state index contributed by atoms with van der Waals surface area (Å²) in [4.78, 5) is 11.2. The molecule has 0 radical (unpaired) electrons. The van der Waals surface area contributed by atoms with E-state index in [4.69, 9.17) is 4.74 Å². The van der Waals surface area contributed by atoms with Crippen LogP contribution in [0.4, 0.5) is 14.5 Å². The fraction of sp³-hybridized carbons (Fsp3) is 0.250. The maximum atomic E-state index is 13.4. The van der Waals surface area contributed by atoms with Crippen LogP contribution in [-0.2, 0) is 9.53 Å². The van der Waals surface area contributed by atoms with Crippen molar-refractivity contribution in [1.29, 1.82) is 0 Å². The summed E-state index contributed by atoms with van der Waals surface area (Å²) >= 11 is 2.95. The first-order chi connectivity index (χ1) is 8.45. The van der Waals surface area contributed by atoms with E-state index in [0.29, 0.717) is 0 Å². The Bertz CT molecular complexity index is 477. The van der Waals surface area contributed by atoms with Gasteiger partial charge in [-0.2, -0.15) is 0 Å². The van der Waals surface area contributed by atoms with E-state index in [1.165, 1.54) is 6.07 Å². The lowest BCUT2D eigenvalue weighted by Crippen LogP contribution is -2.15. The Balaban J connectivity index is 2.67. The van der Waals surface area contributed by atoms with Gasteiger partial charge < -0.3 is 10.1 Å². The Kier molecular flexibility index (Phi) is 5.27. The summed E-state index contributed by atoms with van der Waals surface area (Å²) < 4.78 is 31.2. The highest BCUT2D eigenvalue weighted by Gasteiger charge is 2.11. The summed E-state index contributed by atoms with van der Waals surface area (Å²) in [5, 5.41) is 2.65. The van der Waals surface area contributed by atoms with Crippen LogP contribution in [0.25, 0.3) is 0 Å². The van der Waals surface area contributed by atoms with E-state index >= 15 is 0 Å². The van der Waals surface area contributed by atoms with Crippen LogP contribution in [0.5, 0.6) is 0 Å². The number of benzene rings is 1. The molecule has 0 saturated carbocycles. The number of nitrogens with one attached hydrogen (secondary N) is 1. The van der Waals surface area contributed by atoms with Crippen molar-refractivity contribution in [2.24, 2.45) is 0 Å². The third kappa shape index (κ3) is 3.80. The van der Waals surface area contributed by atoms with Crippen molar-refractivity contribution in [3.63, 3.8) is 0 Å². The molecule has 1 aromatic rings. The first-order valence-corrected chi connectivity index (χ1v) is 5.98. The first kappa shape index (κ1) is 14.6. The minimum absolute atomic E-state index is 0.0217. The molecule has 18 heavy (non-hydrogen) atoms. The van der Waals surface area contributed by atoms with Gasteiger partial charge in [-0.05, 0) is 28.9 Å². The van der Waals surface area contributed by atoms with Crippen LogP contribution < -0.4 is 5.32 Å². The number of hydrogen-bond acceptors (Lipinski definition) is 3. The van der Waals surface area contributed by atoms with Crippen molar-refractivity contribution in [1.82, 2.24) is 0 Å². The lowest BCUT2D eigenvalue weighted by atomic mass is 10.2. The first-order valence-electron chi connectivity index (χ1n) is 5.19. The van der Waals surface area contributed by atoms with E-state index in [9.17, 15) is 13.6 Å². The van der Waals surface area contributed by atoms with Crippen LogP contribution in [-0.4, -0.2) is 19.1 Å². The minimum atomic E-state index is -0.743. The van der Waals surface area contributed by atoms with Crippen LogP contribution in [0.1, 0.15) is 6.92 Å². The summed E-state index contributed by atoms with van der Waals surface area (Å²) in [6.45, 7) is 5.45. The molecule has 0 aliphatic carbocycles. The summed E-state index contributed by atoms with van der Waals surface area (Å²) in [5.74, 6) is -1.98. The lowest BCUT2D eigenvalue weighted by molar-refractivity contribution is -0.138. The van der Waals surface area contributed by atoms with Gasteiger partial charge in [0.2, 0.25) is 0 Å². The van der Waals surface area contributed by atoms with Gasteiger partial charge in [-0.25, -0.2) is 13.6 Å². The maximum absolute atomic E-state index is 13.4. The smallest absolute Gasteiger partial charge is 0.335 e. The van der Waals surface area contributed by atoms with Gasteiger partial charge in [-0.15, -0.1) is 0 Å². The standard InChI is InChI=1S/C12H12BrF2NO2/c1-3-18-12(17)7(2)6-16-11-4-8(13)9(14)5-10(11)15/h4-5,16H,2-3,6H2,1H3. The summed E-state index contributed by atoms with van der Waals surface area (Å²) in [6.07, 6.45) is 0. The van der Waals surface area contributed by atoms with Gasteiger partial charge >= 0.3 is 5.97 Å². The Morgan fingerprint density at radius 2 is 2.11 bits per heavy atom. The molecular weight excluding hydrogens is 308 g/mol. The van der Waals surface area contributed by atoms with Gasteiger partial charge in [-0.1, -0.05) is 6.58 Å². The maximum Gasteiger partial charge on any atom is 0.335 e. The molecule has 0 atom stereocenters. The molecule has 0 saturated heterocycles. The molecule has 0 aliphatic rings. The molecule has 6 heteroatoms. The van der Waals surface area contributed by atoms with Gasteiger partial charge in [-0.3, -0.25) is 0 Å². The summed E-state index contributed by atoms with van der Waals surface area (Å²) in [5.41, 5.74) is 0.241. The lowest BCUT2D eigenvalue weighted by Gasteiger charge is -2.10. The largest absolute Gasteiger partial charge is 0.463 e. The normalized spacial score (nSPS) is 10.0. The van der Waals surface area contributed by atoms with Gasteiger partial charge in [0.15, 0.2) is 0 Å². The molecule has 0 heterocycles. The highest BCUT2D eigenvalue weighted by atomic mass is 79.9. The van der Waals surface area contributed by atoms with Gasteiger partial charge in [0.05, 0.1) is 16.8 Å². The molecule has 0 fully saturated rings. The summed E-state index contributed by atoms with van der Waals surface area (Å²) in [7, 11) is 0. The van der Waals surface area contributed by atoms with Crippen molar-refractivity contribution >= 4 is 27.6 Å². The Morgan fingerprint density at radius 3 is 2.72 bits per heavy atom. The van der Waals surface area contributed by atoms with Gasteiger partial charge in [0, 0.05) is 18.2 Å². The van der Waals surface area contributed by atoms with E-state index < -0.39 is 17.6 Å². The molecule has 0 unspecified atom stereocenters. The number of carbonyl (C=O) groups excluding carboxylic acids is 1. The van der Waals surface area contributed by atoms with E-state index in [2.05, 4.69) is 27.8 Å². The van der Waals surface area contributed by atoms with Crippen molar-refractivity contribution in [2.45, 2.75) is 6.92 Å². The molecule has 1 N–H and O–H groups in total. The fourth-order valence-corrected chi connectivity index (χ4v) is 1.51. The molecule has 0 amide bonds. The molecule has 1 rings (SSSR count). The monoisotopic (exact) mass is 319 g/mol. The van der Waals surface area contributed by atoms with E-state index in [1.807, 2.05) is 0 Å². The number of carbonyl (C=O) groups is 1.